The Labute approximate surface area is 193 Å². The number of hydrogen-bond donors (Lipinski definition) is 5. The van der Waals surface area contributed by atoms with Crippen LogP contribution in [-0.2, 0) is 25.6 Å². The number of benzene rings is 1. The maximum atomic E-state index is 12.8. The molecule has 4 unspecified atom stereocenters. The molecule has 0 aliphatic carbocycles. The Bertz CT molecular complexity index is 762. The van der Waals surface area contributed by atoms with E-state index in [-0.39, 0.29) is 18.9 Å². The fourth-order valence-electron chi connectivity index (χ4n) is 2.87. The minimum Gasteiger partial charge on any atom is -0.480 e. The Balaban J connectivity index is 2.72. The number of carboxylic acids is 1. The molecule has 0 saturated heterocycles. The summed E-state index contributed by atoms with van der Waals surface area (Å²) in [6, 6.07) is 6.18. The number of nitrogens with two attached hydrogens (primary N) is 1. The number of thioether (sulfide) groups is 1. The number of carbonyl (C=O) groups excluding carboxylic acids is 3. The highest BCUT2D eigenvalue weighted by atomic mass is 32.2. The molecule has 0 aliphatic heterocycles. The second-order valence-electron chi connectivity index (χ2n) is 7.62. The monoisotopic (exact) mass is 466 g/mol. The van der Waals surface area contributed by atoms with Crippen molar-refractivity contribution in [2.75, 3.05) is 18.6 Å². The highest BCUT2D eigenvalue weighted by Crippen LogP contribution is 2.07. The standard InChI is InChI=1S/C22H34N4O5S/c1-4-14(2)19(23)21(29)24-13-18(27)25-16(10-11-32-3)20(28)26-17(22(30)31)12-15-8-6-5-7-9-15/h5-9,14,16-17,19H,4,10-13,23H2,1-3H3,(H,24,29)(H,25,27)(H,26,28)(H,30,31). The molecular weight excluding hydrogens is 432 g/mol. The SMILES string of the molecule is CCC(C)C(N)C(=O)NCC(=O)NC(CCSC)C(=O)NC(Cc1ccccc1)C(=O)O. The topological polar surface area (TPSA) is 151 Å². The van der Waals surface area contributed by atoms with Gasteiger partial charge >= 0.3 is 5.97 Å². The molecule has 178 valence electrons. The summed E-state index contributed by atoms with van der Waals surface area (Å²) in [5, 5.41) is 17.1. The molecule has 9 nitrogen and oxygen atoms in total. The summed E-state index contributed by atoms with van der Waals surface area (Å²) in [6.07, 6.45) is 3.03. The van der Waals surface area contributed by atoms with Crippen molar-refractivity contribution in [2.24, 2.45) is 11.7 Å². The van der Waals surface area contributed by atoms with Crippen molar-refractivity contribution in [3.63, 3.8) is 0 Å². The number of nitrogens with one attached hydrogen (secondary N) is 3. The lowest BCUT2D eigenvalue weighted by atomic mass is 9.99. The zero-order valence-corrected chi connectivity index (χ0v) is 19.6. The van der Waals surface area contributed by atoms with Crippen LogP contribution in [-0.4, -0.2) is 65.5 Å². The van der Waals surface area contributed by atoms with Crippen LogP contribution in [0.2, 0.25) is 0 Å². The first kappa shape index (κ1) is 27.4. The number of rotatable bonds is 14. The minimum absolute atomic E-state index is 0.0317. The fraction of sp³-hybridized carbons (Fsp3) is 0.545. The Morgan fingerprint density at radius 2 is 1.72 bits per heavy atom. The molecule has 3 amide bonds. The van der Waals surface area contributed by atoms with E-state index < -0.39 is 41.8 Å². The van der Waals surface area contributed by atoms with E-state index in [2.05, 4.69) is 16.0 Å². The largest absolute Gasteiger partial charge is 0.480 e. The van der Waals surface area contributed by atoms with Crippen molar-refractivity contribution in [2.45, 2.75) is 51.2 Å². The molecule has 0 fully saturated rings. The van der Waals surface area contributed by atoms with Gasteiger partial charge in [0.25, 0.3) is 0 Å². The average molecular weight is 467 g/mol. The first-order valence-corrected chi connectivity index (χ1v) is 12.0. The van der Waals surface area contributed by atoms with Crippen LogP contribution in [0.3, 0.4) is 0 Å². The molecule has 0 aromatic heterocycles. The van der Waals surface area contributed by atoms with Crippen LogP contribution in [0.4, 0.5) is 0 Å². The molecule has 0 aliphatic rings. The van der Waals surface area contributed by atoms with Gasteiger partial charge in [0.2, 0.25) is 17.7 Å². The lowest BCUT2D eigenvalue weighted by Crippen LogP contribution is -2.54. The van der Waals surface area contributed by atoms with Crippen LogP contribution in [0.25, 0.3) is 0 Å². The zero-order valence-electron chi connectivity index (χ0n) is 18.8. The lowest BCUT2D eigenvalue weighted by Gasteiger charge is -2.22. The van der Waals surface area contributed by atoms with Crippen LogP contribution in [0.5, 0.6) is 0 Å². The maximum Gasteiger partial charge on any atom is 0.326 e. The van der Waals surface area contributed by atoms with Crippen molar-refractivity contribution >= 4 is 35.5 Å². The molecule has 6 N–H and O–H groups in total. The van der Waals surface area contributed by atoms with Crippen LogP contribution in [0, 0.1) is 5.92 Å². The highest BCUT2D eigenvalue weighted by Gasteiger charge is 2.27. The normalized spacial score (nSPS) is 14.5. The fourth-order valence-corrected chi connectivity index (χ4v) is 3.34. The molecule has 1 aromatic carbocycles. The van der Waals surface area contributed by atoms with Crippen LogP contribution in [0.1, 0.15) is 32.3 Å². The van der Waals surface area contributed by atoms with E-state index in [9.17, 15) is 24.3 Å². The Morgan fingerprint density at radius 1 is 1.06 bits per heavy atom. The average Bonchev–Trinajstić information content (AvgIpc) is 2.79. The van der Waals surface area contributed by atoms with E-state index in [1.807, 2.05) is 26.2 Å². The number of amides is 3. The van der Waals surface area contributed by atoms with E-state index in [1.165, 1.54) is 11.8 Å². The second kappa shape index (κ2) is 14.5. The van der Waals surface area contributed by atoms with Crippen molar-refractivity contribution in [1.29, 1.82) is 0 Å². The van der Waals surface area contributed by atoms with E-state index in [0.717, 1.165) is 12.0 Å². The van der Waals surface area contributed by atoms with Crippen molar-refractivity contribution in [3.05, 3.63) is 35.9 Å². The van der Waals surface area contributed by atoms with E-state index >= 15 is 0 Å². The predicted molar refractivity (Wildman–Crippen MR) is 125 cm³/mol. The van der Waals surface area contributed by atoms with Crippen molar-refractivity contribution < 1.29 is 24.3 Å². The lowest BCUT2D eigenvalue weighted by molar-refractivity contribution is -0.142. The van der Waals surface area contributed by atoms with Gasteiger partial charge < -0.3 is 26.8 Å². The van der Waals surface area contributed by atoms with Gasteiger partial charge in [0.1, 0.15) is 12.1 Å². The second-order valence-corrected chi connectivity index (χ2v) is 8.61. The summed E-state index contributed by atoms with van der Waals surface area (Å²) < 4.78 is 0. The number of aliphatic carboxylic acids is 1. The van der Waals surface area contributed by atoms with Gasteiger partial charge in [0, 0.05) is 6.42 Å². The van der Waals surface area contributed by atoms with Gasteiger partial charge in [-0.15, -0.1) is 0 Å². The number of carboxylic acid groups (broad SMARTS) is 1. The van der Waals surface area contributed by atoms with Gasteiger partial charge in [-0.3, -0.25) is 14.4 Å². The third-order valence-electron chi connectivity index (χ3n) is 5.14. The summed E-state index contributed by atoms with van der Waals surface area (Å²) in [5.74, 6) is -2.18. The maximum absolute atomic E-state index is 12.8. The molecule has 1 rings (SSSR count). The predicted octanol–water partition coefficient (Wildman–Crippen LogP) is 0.526. The summed E-state index contributed by atoms with van der Waals surface area (Å²) >= 11 is 1.50. The summed E-state index contributed by atoms with van der Waals surface area (Å²) in [6.45, 7) is 3.45. The van der Waals surface area contributed by atoms with Gasteiger partial charge in [-0.05, 0) is 29.9 Å². The molecule has 32 heavy (non-hydrogen) atoms. The third-order valence-corrected chi connectivity index (χ3v) is 5.79. The summed E-state index contributed by atoms with van der Waals surface area (Å²) in [5.41, 5.74) is 6.62. The molecule has 0 radical (unpaired) electrons. The van der Waals surface area contributed by atoms with Crippen LogP contribution < -0.4 is 21.7 Å². The van der Waals surface area contributed by atoms with Gasteiger partial charge in [0.05, 0.1) is 12.6 Å². The van der Waals surface area contributed by atoms with E-state index in [0.29, 0.717) is 12.2 Å². The Kier molecular flexibility index (Phi) is 12.4. The summed E-state index contributed by atoms with van der Waals surface area (Å²) in [4.78, 5) is 48.8. The molecular formula is C22H34N4O5S. The zero-order chi connectivity index (χ0) is 24.1. The van der Waals surface area contributed by atoms with Crippen LogP contribution in [0.15, 0.2) is 30.3 Å². The quantitative estimate of drug-likeness (QED) is 0.268. The highest BCUT2D eigenvalue weighted by molar-refractivity contribution is 7.98. The number of carbonyl (C=O) groups is 4. The van der Waals surface area contributed by atoms with Gasteiger partial charge in [-0.1, -0.05) is 50.6 Å². The Morgan fingerprint density at radius 3 is 2.28 bits per heavy atom. The first-order chi connectivity index (χ1) is 15.2. The Hall–Kier alpha value is -2.59. The number of hydrogen-bond acceptors (Lipinski definition) is 6. The van der Waals surface area contributed by atoms with E-state index in [1.54, 1.807) is 24.3 Å². The smallest absolute Gasteiger partial charge is 0.326 e. The van der Waals surface area contributed by atoms with Gasteiger partial charge in [-0.25, -0.2) is 4.79 Å². The molecule has 10 heteroatoms. The summed E-state index contributed by atoms with van der Waals surface area (Å²) in [7, 11) is 0. The first-order valence-electron chi connectivity index (χ1n) is 10.6. The van der Waals surface area contributed by atoms with Gasteiger partial charge in [0.15, 0.2) is 0 Å². The third kappa shape index (κ3) is 9.69. The molecule has 1 aromatic rings. The molecule has 0 spiro atoms. The minimum atomic E-state index is -1.16. The van der Waals surface area contributed by atoms with Crippen molar-refractivity contribution in [1.82, 2.24) is 16.0 Å². The van der Waals surface area contributed by atoms with Gasteiger partial charge in [-0.2, -0.15) is 11.8 Å². The molecule has 0 saturated carbocycles. The molecule has 0 heterocycles. The molecule has 4 atom stereocenters. The molecule has 0 bridgehead atoms. The van der Waals surface area contributed by atoms with E-state index in [4.69, 9.17) is 5.73 Å². The van der Waals surface area contributed by atoms with Crippen LogP contribution >= 0.6 is 11.8 Å². The van der Waals surface area contributed by atoms with Crippen molar-refractivity contribution in [3.8, 4) is 0 Å².